The van der Waals surface area contributed by atoms with E-state index in [1.165, 1.54) is 18.2 Å². The molecule has 0 saturated carbocycles. The van der Waals surface area contributed by atoms with E-state index in [1.54, 1.807) is 20.8 Å². The van der Waals surface area contributed by atoms with Crippen LogP contribution in [-0.4, -0.2) is 30.3 Å². The van der Waals surface area contributed by atoms with Gasteiger partial charge in [-0.3, -0.25) is 0 Å². The Labute approximate surface area is 179 Å². The number of nitrogens with one attached hydrogen (secondary N) is 1. The minimum absolute atomic E-state index is 0.0355. The Balaban J connectivity index is 2.23. The van der Waals surface area contributed by atoms with Crippen LogP contribution < -0.4 is 5.32 Å². The van der Waals surface area contributed by atoms with Crippen LogP contribution in [-0.2, 0) is 20.3 Å². The Morgan fingerprint density at radius 2 is 1.90 bits per heavy atom. The SMILES string of the molecule is CC(C)C(NC(=O)OC(C)(C)C)c1nnc(S(=O)(=O)Cc2ccc(Cl)cc2Cl)o1. The van der Waals surface area contributed by atoms with Crippen molar-refractivity contribution in [3.8, 4) is 0 Å². The number of nitrogens with zero attached hydrogens (tertiary/aromatic N) is 2. The number of benzene rings is 1. The second-order valence-corrected chi connectivity index (χ2v) is 10.5. The van der Waals surface area contributed by atoms with Gasteiger partial charge in [-0.15, -0.1) is 5.10 Å². The number of hydrogen-bond donors (Lipinski definition) is 1. The lowest BCUT2D eigenvalue weighted by atomic mass is 10.1. The number of alkyl carbamates (subject to hydrolysis) is 1. The molecule has 0 aliphatic carbocycles. The highest BCUT2D eigenvalue weighted by Crippen LogP contribution is 2.27. The van der Waals surface area contributed by atoms with E-state index in [1.807, 2.05) is 13.8 Å². The van der Waals surface area contributed by atoms with Crippen molar-refractivity contribution in [1.82, 2.24) is 15.5 Å². The largest absolute Gasteiger partial charge is 0.444 e. The Morgan fingerprint density at radius 1 is 1.24 bits per heavy atom. The summed E-state index contributed by atoms with van der Waals surface area (Å²) in [5.74, 6) is -0.632. The van der Waals surface area contributed by atoms with Crippen molar-refractivity contribution in [1.29, 1.82) is 0 Å². The summed E-state index contributed by atoms with van der Waals surface area (Å²) in [5.41, 5.74) is -0.338. The fourth-order valence-electron chi connectivity index (χ4n) is 2.33. The third-order valence-electron chi connectivity index (χ3n) is 3.65. The van der Waals surface area contributed by atoms with E-state index in [0.717, 1.165) is 0 Å². The average molecular weight is 464 g/mol. The maximum absolute atomic E-state index is 12.7. The van der Waals surface area contributed by atoms with Crippen LogP contribution in [0.4, 0.5) is 4.79 Å². The maximum Gasteiger partial charge on any atom is 0.408 e. The Kier molecular flexibility index (Phi) is 7.19. The van der Waals surface area contributed by atoms with Crippen molar-refractivity contribution in [3.63, 3.8) is 0 Å². The van der Waals surface area contributed by atoms with Crippen molar-refractivity contribution in [3.05, 3.63) is 39.7 Å². The summed E-state index contributed by atoms with van der Waals surface area (Å²) in [7, 11) is -3.96. The van der Waals surface area contributed by atoms with Crippen LogP contribution in [0.25, 0.3) is 0 Å². The van der Waals surface area contributed by atoms with Crippen LogP contribution >= 0.6 is 23.2 Å². The standard InChI is InChI=1S/C18H23Cl2N3O5S/c1-10(2)14(21-16(24)28-18(3,4)5)15-22-23-17(27-15)29(25,26)9-11-6-7-12(19)8-13(11)20/h6-8,10,14H,9H2,1-5H3,(H,21,24). The van der Waals surface area contributed by atoms with Gasteiger partial charge >= 0.3 is 11.3 Å². The molecule has 1 aromatic heterocycles. The van der Waals surface area contributed by atoms with E-state index in [2.05, 4.69) is 15.5 Å². The molecule has 0 aliphatic rings. The number of ether oxygens (including phenoxy) is 1. The summed E-state index contributed by atoms with van der Waals surface area (Å²) in [5, 5.41) is 10.1. The van der Waals surface area contributed by atoms with Crippen LogP contribution in [0.15, 0.2) is 27.8 Å². The first kappa shape index (κ1) is 23.4. The van der Waals surface area contributed by atoms with E-state index in [9.17, 15) is 13.2 Å². The van der Waals surface area contributed by atoms with Gasteiger partial charge in [-0.25, -0.2) is 13.2 Å². The van der Waals surface area contributed by atoms with E-state index >= 15 is 0 Å². The molecule has 8 nitrogen and oxygen atoms in total. The summed E-state index contributed by atoms with van der Waals surface area (Å²) < 4.78 is 35.9. The fraction of sp³-hybridized carbons (Fsp3) is 0.500. The Bertz CT molecular complexity index is 984. The molecule has 0 aliphatic heterocycles. The number of rotatable bonds is 6. The van der Waals surface area contributed by atoms with Gasteiger partial charge in [-0.2, -0.15) is 0 Å². The molecular weight excluding hydrogens is 441 g/mol. The third-order valence-corrected chi connectivity index (χ3v) is 5.63. The monoisotopic (exact) mass is 463 g/mol. The predicted molar refractivity (Wildman–Crippen MR) is 109 cm³/mol. The normalized spacial score (nSPS) is 13.4. The van der Waals surface area contributed by atoms with Gasteiger partial charge < -0.3 is 14.5 Å². The molecule has 1 unspecified atom stereocenters. The maximum atomic E-state index is 12.7. The predicted octanol–water partition coefficient (Wildman–Crippen LogP) is 4.57. The molecule has 2 aromatic rings. The average Bonchev–Trinajstić information content (AvgIpc) is 3.04. The van der Waals surface area contributed by atoms with Crippen LogP contribution in [0.2, 0.25) is 10.0 Å². The molecule has 0 saturated heterocycles. The molecule has 160 valence electrons. The van der Waals surface area contributed by atoms with Gasteiger partial charge in [0.05, 0.1) is 5.75 Å². The smallest absolute Gasteiger partial charge is 0.408 e. The van der Waals surface area contributed by atoms with E-state index in [0.29, 0.717) is 10.6 Å². The minimum Gasteiger partial charge on any atom is -0.444 e. The molecule has 0 bridgehead atoms. The number of sulfone groups is 1. The first-order chi connectivity index (χ1) is 13.3. The van der Waals surface area contributed by atoms with Gasteiger partial charge in [-0.05, 0) is 44.4 Å². The molecular formula is C18H23Cl2N3O5S. The second-order valence-electron chi connectivity index (χ2n) is 7.77. The molecule has 11 heteroatoms. The summed E-state index contributed by atoms with van der Waals surface area (Å²) in [6.07, 6.45) is -0.674. The fourth-order valence-corrected chi connectivity index (χ4v) is 4.04. The first-order valence-corrected chi connectivity index (χ1v) is 11.2. The molecule has 1 N–H and O–H groups in total. The zero-order valence-electron chi connectivity index (χ0n) is 16.7. The lowest BCUT2D eigenvalue weighted by molar-refractivity contribution is 0.0477. The number of halogens is 2. The number of carbonyl (C=O) groups is 1. The molecule has 1 heterocycles. The highest BCUT2D eigenvalue weighted by atomic mass is 35.5. The lowest BCUT2D eigenvalue weighted by Crippen LogP contribution is -2.37. The summed E-state index contributed by atoms with van der Waals surface area (Å²) in [6.45, 7) is 8.82. The van der Waals surface area contributed by atoms with Crippen molar-refractivity contribution in [2.45, 2.75) is 57.2 Å². The highest BCUT2D eigenvalue weighted by Gasteiger charge is 2.30. The third kappa shape index (κ3) is 6.58. The van der Waals surface area contributed by atoms with Crippen LogP contribution in [0.5, 0.6) is 0 Å². The molecule has 1 atom stereocenters. The van der Waals surface area contributed by atoms with Gasteiger partial charge in [0.15, 0.2) is 0 Å². The number of hydrogen-bond acceptors (Lipinski definition) is 7. The van der Waals surface area contributed by atoms with Gasteiger partial charge in [0.2, 0.25) is 15.7 Å². The van der Waals surface area contributed by atoms with Gasteiger partial charge in [0.1, 0.15) is 11.6 Å². The van der Waals surface area contributed by atoms with Crippen molar-refractivity contribution in [2.75, 3.05) is 0 Å². The Morgan fingerprint density at radius 3 is 2.45 bits per heavy atom. The molecule has 0 radical (unpaired) electrons. The number of aromatic nitrogens is 2. The summed E-state index contributed by atoms with van der Waals surface area (Å²) >= 11 is 11.9. The van der Waals surface area contributed by atoms with Crippen molar-refractivity contribution < 1.29 is 22.4 Å². The van der Waals surface area contributed by atoms with Crippen LogP contribution in [0.1, 0.15) is 52.1 Å². The summed E-state index contributed by atoms with van der Waals surface area (Å²) in [6, 6.07) is 3.78. The van der Waals surface area contributed by atoms with Crippen LogP contribution in [0, 0.1) is 5.92 Å². The van der Waals surface area contributed by atoms with E-state index in [-0.39, 0.29) is 16.8 Å². The molecule has 1 amide bonds. The molecule has 29 heavy (non-hydrogen) atoms. The number of amides is 1. The first-order valence-electron chi connectivity index (χ1n) is 8.78. The zero-order chi connectivity index (χ0) is 22.0. The number of carbonyl (C=O) groups excluding carboxylic acids is 1. The molecule has 0 fully saturated rings. The van der Waals surface area contributed by atoms with Crippen LogP contribution in [0.3, 0.4) is 0 Å². The molecule has 2 rings (SSSR count). The van der Waals surface area contributed by atoms with Gasteiger partial charge in [-0.1, -0.05) is 48.2 Å². The Hall–Kier alpha value is -1.84. The topological polar surface area (TPSA) is 111 Å². The quantitative estimate of drug-likeness (QED) is 0.667. The second kappa shape index (κ2) is 8.89. The van der Waals surface area contributed by atoms with Crippen molar-refractivity contribution in [2.24, 2.45) is 5.92 Å². The van der Waals surface area contributed by atoms with Gasteiger partial charge in [0, 0.05) is 10.0 Å². The molecule has 0 spiro atoms. The van der Waals surface area contributed by atoms with Gasteiger partial charge in [0.25, 0.3) is 0 Å². The molecule has 1 aromatic carbocycles. The van der Waals surface area contributed by atoms with E-state index in [4.69, 9.17) is 32.4 Å². The van der Waals surface area contributed by atoms with E-state index < -0.39 is 38.5 Å². The lowest BCUT2D eigenvalue weighted by Gasteiger charge is -2.23. The van der Waals surface area contributed by atoms with Crippen molar-refractivity contribution >= 4 is 39.1 Å². The highest BCUT2D eigenvalue weighted by molar-refractivity contribution is 7.90. The zero-order valence-corrected chi connectivity index (χ0v) is 19.0. The minimum atomic E-state index is -3.96. The summed E-state index contributed by atoms with van der Waals surface area (Å²) in [4.78, 5) is 12.1.